The predicted molar refractivity (Wildman–Crippen MR) is 89.8 cm³/mol. The standard InChI is InChI=1S/C18H14N2S/c1-11-6-9-16(19-10-11)15-5-3-4-13-14-8-7-12(2)20-18(14)21-17(13)15/h3-10H,1-2H3/i1D3,2D3,6D,9D. The van der Waals surface area contributed by atoms with E-state index in [4.69, 9.17) is 11.0 Å². The maximum Gasteiger partial charge on any atom is 0.124 e. The molecule has 2 nitrogen and oxygen atoms in total. The Morgan fingerprint density at radius 2 is 2.10 bits per heavy atom. The van der Waals surface area contributed by atoms with Gasteiger partial charge in [0.2, 0.25) is 0 Å². The van der Waals surface area contributed by atoms with Crippen molar-refractivity contribution in [2.24, 2.45) is 0 Å². The molecule has 0 amide bonds. The van der Waals surface area contributed by atoms with Crippen LogP contribution in [-0.4, -0.2) is 9.97 Å². The van der Waals surface area contributed by atoms with Crippen LogP contribution in [0.5, 0.6) is 0 Å². The van der Waals surface area contributed by atoms with E-state index in [2.05, 4.69) is 9.97 Å². The lowest BCUT2D eigenvalue weighted by Crippen LogP contribution is -1.84. The van der Waals surface area contributed by atoms with Gasteiger partial charge in [-0.3, -0.25) is 4.98 Å². The third kappa shape index (κ3) is 2.01. The highest BCUT2D eigenvalue weighted by Crippen LogP contribution is 2.38. The Balaban J connectivity index is 1.97. The average molecular weight is 298 g/mol. The Morgan fingerprint density at radius 1 is 1.10 bits per heavy atom. The first-order chi connectivity index (χ1) is 13.5. The molecule has 0 radical (unpaired) electrons. The van der Waals surface area contributed by atoms with Gasteiger partial charge in [0.05, 0.1) is 8.44 Å². The quantitative estimate of drug-likeness (QED) is 0.487. The molecule has 0 aliphatic carbocycles. The van der Waals surface area contributed by atoms with E-state index >= 15 is 0 Å². The monoisotopic (exact) mass is 298 g/mol. The number of aromatic nitrogens is 2. The van der Waals surface area contributed by atoms with E-state index in [0.29, 0.717) is 10.4 Å². The lowest BCUT2D eigenvalue weighted by atomic mass is 10.1. The van der Waals surface area contributed by atoms with E-state index in [0.717, 1.165) is 21.7 Å². The summed E-state index contributed by atoms with van der Waals surface area (Å²) in [6.07, 6.45) is 1.12. The minimum atomic E-state index is -2.52. The van der Waals surface area contributed by atoms with Gasteiger partial charge in [-0.15, -0.1) is 11.3 Å². The molecule has 0 saturated carbocycles. The fourth-order valence-electron chi connectivity index (χ4n) is 2.32. The third-order valence-corrected chi connectivity index (χ3v) is 4.41. The molecule has 3 heterocycles. The maximum atomic E-state index is 8.29. The molecule has 4 rings (SSSR count). The van der Waals surface area contributed by atoms with E-state index in [1.54, 1.807) is 18.2 Å². The van der Waals surface area contributed by atoms with Crippen molar-refractivity contribution in [2.75, 3.05) is 0 Å². The minimum absolute atomic E-state index is 0.00730. The van der Waals surface area contributed by atoms with Gasteiger partial charge in [-0.05, 0) is 37.4 Å². The van der Waals surface area contributed by atoms with Gasteiger partial charge in [-0.2, -0.15) is 0 Å². The summed E-state index contributed by atoms with van der Waals surface area (Å²) < 4.78 is 62.3. The van der Waals surface area contributed by atoms with E-state index in [9.17, 15) is 0 Å². The lowest BCUT2D eigenvalue weighted by Gasteiger charge is -2.02. The van der Waals surface area contributed by atoms with Crippen LogP contribution in [-0.2, 0) is 0 Å². The molecule has 3 aromatic heterocycles. The zero-order valence-corrected chi connectivity index (χ0v) is 11.6. The van der Waals surface area contributed by atoms with Gasteiger partial charge in [0.15, 0.2) is 0 Å². The topological polar surface area (TPSA) is 25.8 Å². The summed E-state index contributed by atoms with van der Waals surface area (Å²) in [6.45, 7) is -4.83. The van der Waals surface area contributed by atoms with Crippen molar-refractivity contribution in [3.05, 3.63) is 59.9 Å². The zero-order valence-electron chi connectivity index (χ0n) is 18.8. The van der Waals surface area contributed by atoms with Gasteiger partial charge in [-0.1, -0.05) is 24.2 Å². The van der Waals surface area contributed by atoms with Crippen LogP contribution in [0.1, 0.15) is 22.2 Å². The van der Waals surface area contributed by atoms with Crippen molar-refractivity contribution in [1.29, 1.82) is 0 Å². The van der Waals surface area contributed by atoms with Crippen molar-refractivity contribution in [3.8, 4) is 11.3 Å². The van der Waals surface area contributed by atoms with Gasteiger partial charge >= 0.3 is 0 Å². The molecule has 21 heavy (non-hydrogen) atoms. The number of hydrogen-bond donors (Lipinski definition) is 0. The molecule has 0 spiro atoms. The fraction of sp³-hybridized carbons (Fsp3) is 0.111. The Labute approximate surface area is 138 Å². The molecule has 0 aliphatic rings. The van der Waals surface area contributed by atoms with Crippen molar-refractivity contribution in [1.82, 2.24) is 9.97 Å². The molecule has 0 saturated heterocycles. The minimum Gasteiger partial charge on any atom is -0.256 e. The van der Waals surface area contributed by atoms with Crippen LogP contribution >= 0.6 is 11.3 Å². The molecule has 102 valence electrons. The first kappa shape index (κ1) is 6.67. The van der Waals surface area contributed by atoms with E-state index in [1.165, 1.54) is 17.4 Å². The molecule has 0 atom stereocenters. The molecule has 3 heteroatoms. The Bertz CT molecular complexity index is 1260. The van der Waals surface area contributed by atoms with E-state index in [1.807, 2.05) is 6.07 Å². The summed E-state index contributed by atoms with van der Waals surface area (Å²) in [7, 11) is 0. The molecular formula is C18H14N2S. The Kier molecular flexibility index (Phi) is 1.47. The molecule has 0 bridgehead atoms. The zero-order chi connectivity index (χ0) is 21.1. The van der Waals surface area contributed by atoms with Crippen LogP contribution < -0.4 is 0 Å². The van der Waals surface area contributed by atoms with E-state index < -0.39 is 13.7 Å². The van der Waals surface area contributed by atoms with Gasteiger partial charge in [0.25, 0.3) is 0 Å². The molecule has 0 aliphatic heterocycles. The second-order valence-electron chi connectivity index (χ2n) is 4.60. The first-order valence-electron chi connectivity index (χ1n) is 10.3. The summed E-state index contributed by atoms with van der Waals surface area (Å²) in [4.78, 5) is 9.02. The van der Waals surface area contributed by atoms with Crippen LogP contribution in [0.15, 0.2) is 48.6 Å². The number of thiophene rings is 1. The van der Waals surface area contributed by atoms with Gasteiger partial charge in [0, 0.05) is 41.2 Å². The smallest absolute Gasteiger partial charge is 0.124 e. The van der Waals surface area contributed by atoms with Crippen molar-refractivity contribution >= 4 is 31.6 Å². The van der Waals surface area contributed by atoms with Crippen molar-refractivity contribution in [2.45, 2.75) is 13.7 Å². The number of fused-ring (bicyclic) bond motifs is 3. The SMILES string of the molecule is [2H]c1c(C([2H])([2H])[2H])cnc(-c2cccc3c2sc2nc(C([2H])([2H])[2H])ccc23)c1[2H]. The number of hydrogen-bond acceptors (Lipinski definition) is 3. The number of rotatable bonds is 1. The van der Waals surface area contributed by atoms with Crippen LogP contribution in [0.4, 0.5) is 0 Å². The Hall–Kier alpha value is -2.26. The molecule has 1 aromatic carbocycles. The third-order valence-electron chi connectivity index (χ3n) is 3.26. The summed E-state index contributed by atoms with van der Waals surface area (Å²) in [5.74, 6) is 0. The number of benzene rings is 1. The highest BCUT2D eigenvalue weighted by atomic mass is 32.1. The highest BCUT2D eigenvalue weighted by molar-refractivity contribution is 7.26. The van der Waals surface area contributed by atoms with Crippen molar-refractivity contribution in [3.63, 3.8) is 0 Å². The van der Waals surface area contributed by atoms with Crippen LogP contribution in [0.3, 0.4) is 0 Å². The van der Waals surface area contributed by atoms with Crippen LogP contribution in [0, 0.1) is 13.7 Å². The second-order valence-corrected chi connectivity index (χ2v) is 5.60. The lowest BCUT2D eigenvalue weighted by molar-refractivity contribution is 1.27. The summed E-state index contributed by atoms with van der Waals surface area (Å²) >= 11 is 1.28. The molecule has 0 unspecified atom stereocenters. The van der Waals surface area contributed by atoms with Gasteiger partial charge < -0.3 is 0 Å². The summed E-state index contributed by atoms with van der Waals surface area (Å²) in [5.41, 5.74) is 0.527. The van der Waals surface area contributed by atoms with E-state index in [-0.39, 0.29) is 29.0 Å². The molecular weight excluding hydrogens is 276 g/mol. The van der Waals surface area contributed by atoms with Crippen LogP contribution in [0.2, 0.25) is 0 Å². The Morgan fingerprint density at radius 3 is 3.00 bits per heavy atom. The fourth-order valence-corrected chi connectivity index (χ4v) is 3.51. The highest BCUT2D eigenvalue weighted by Gasteiger charge is 2.11. The summed E-state index contributed by atoms with van der Waals surface area (Å²) in [5, 5.41) is 1.62. The normalized spacial score (nSPS) is 18.1. The summed E-state index contributed by atoms with van der Waals surface area (Å²) in [6, 6.07) is 7.96. The number of pyridine rings is 2. The molecule has 4 aromatic rings. The number of nitrogens with zero attached hydrogens (tertiary/aromatic N) is 2. The second kappa shape index (κ2) is 4.64. The molecule has 0 fully saturated rings. The van der Waals surface area contributed by atoms with Gasteiger partial charge in [-0.25, -0.2) is 4.98 Å². The molecule has 0 N–H and O–H groups in total. The van der Waals surface area contributed by atoms with Crippen molar-refractivity contribution < 1.29 is 11.0 Å². The maximum absolute atomic E-state index is 8.29. The average Bonchev–Trinajstić information content (AvgIpc) is 3.00. The largest absolute Gasteiger partial charge is 0.256 e. The van der Waals surface area contributed by atoms with Gasteiger partial charge in [0.1, 0.15) is 4.83 Å². The first-order valence-corrected chi connectivity index (χ1v) is 7.10. The predicted octanol–water partition coefficient (Wildman–Crippen LogP) is 5.13. The van der Waals surface area contributed by atoms with Crippen LogP contribution in [0.25, 0.3) is 31.6 Å². The number of aryl methyl sites for hydroxylation is 2.